The molecule has 1 atom stereocenters. The molecule has 110 valence electrons. The lowest BCUT2D eigenvalue weighted by atomic mass is 9.98. The van der Waals surface area contributed by atoms with Gasteiger partial charge in [-0.25, -0.2) is 0 Å². The third kappa shape index (κ3) is 4.58. The standard InChI is InChI=1S/C17H17BrClNO/c1-12(13-5-3-2-4-6-13)9-10-20-17(21)15-11-14(18)7-8-16(15)19/h2-8,11-12H,9-10H2,1H3,(H,20,21). The molecule has 1 unspecified atom stereocenters. The second-order valence-electron chi connectivity index (χ2n) is 4.98. The number of rotatable bonds is 5. The van der Waals surface area contributed by atoms with Crippen molar-refractivity contribution >= 4 is 33.4 Å². The van der Waals surface area contributed by atoms with Crippen molar-refractivity contribution in [2.45, 2.75) is 19.3 Å². The van der Waals surface area contributed by atoms with Gasteiger partial charge in [-0.15, -0.1) is 0 Å². The van der Waals surface area contributed by atoms with E-state index in [1.807, 2.05) is 24.3 Å². The Balaban J connectivity index is 1.88. The smallest absolute Gasteiger partial charge is 0.252 e. The summed E-state index contributed by atoms with van der Waals surface area (Å²) < 4.78 is 0.842. The molecular weight excluding hydrogens is 350 g/mol. The maximum Gasteiger partial charge on any atom is 0.252 e. The van der Waals surface area contributed by atoms with E-state index < -0.39 is 0 Å². The maximum absolute atomic E-state index is 12.1. The topological polar surface area (TPSA) is 29.1 Å². The molecule has 4 heteroatoms. The second kappa shape index (κ2) is 7.62. The Morgan fingerprint density at radius 2 is 1.95 bits per heavy atom. The highest BCUT2D eigenvalue weighted by Gasteiger charge is 2.11. The van der Waals surface area contributed by atoms with E-state index in [1.54, 1.807) is 12.1 Å². The minimum absolute atomic E-state index is 0.137. The van der Waals surface area contributed by atoms with Crippen LogP contribution in [0.25, 0.3) is 0 Å². The molecule has 0 aliphatic carbocycles. The molecule has 0 saturated carbocycles. The van der Waals surface area contributed by atoms with E-state index in [9.17, 15) is 4.79 Å². The van der Waals surface area contributed by atoms with Crippen molar-refractivity contribution in [1.82, 2.24) is 5.32 Å². The number of halogens is 2. The molecule has 0 aliphatic rings. The highest BCUT2D eigenvalue weighted by atomic mass is 79.9. The van der Waals surface area contributed by atoms with Crippen LogP contribution in [0.4, 0.5) is 0 Å². The van der Waals surface area contributed by atoms with Gasteiger partial charge < -0.3 is 5.32 Å². The highest BCUT2D eigenvalue weighted by molar-refractivity contribution is 9.10. The fourth-order valence-corrected chi connectivity index (χ4v) is 2.68. The van der Waals surface area contributed by atoms with Gasteiger partial charge in [0.05, 0.1) is 10.6 Å². The van der Waals surface area contributed by atoms with Crippen LogP contribution in [0.1, 0.15) is 35.2 Å². The van der Waals surface area contributed by atoms with Crippen molar-refractivity contribution in [1.29, 1.82) is 0 Å². The van der Waals surface area contributed by atoms with E-state index in [0.29, 0.717) is 23.0 Å². The molecule has 1 N–H and O–H groups in total. The number of amides is 1. The van der Waals surface area contributed by atoms with Gasteiger partial charge in [0, 0.05) is 11.0 Å². The molecule has 2 nitrogen and oxygen atoms in total. The van der Waals surface area contributed by atoms with Crippen molar-refractivity contribution in [3.63, 3.8) is 0 Å². The van der Waals surface area contributed by atoms with Crippen molar-refractivity contribution < 1.29 is 4.79 Å². The molecule has 2 rings (SSSR count). The van der Waals surface area contributed by atoms with Crippen molar-refractivity contribution in [2.24, 2.45) is 0 Å². The molecular formula is C17H17BrClNO. The lowest BCUT2D eigenvalue weighted by Gasteiger charge is -2.13. The largest absolute Gasteiger partial charge is 0.352 e. The van der Waals surface area contributed by atoms with Gasteiger partial charge in [0.15, 0.2) is 0 Å². The number of benzene rings is 2. The van der Waals surface area contributed by atoms with Gasteiger partial charge in [0.1, 0.15) is 0 Å². The molecule has 21 heavy (non-hydrogen) atoms. The summed E-state index contributed by atoms with van der Waals surface area (Å²) in [5.41, 5.74) is 1.78. The molecule has 0 radical (unpaired) electrons. The molecule has 0 heterocycles. The zero-order valence-corrected chi connectivity index (χ0v) is 14.1. The summed E-state index contributed by atoms with van der Waals surface area (Å²) in [7, 11) is 0. The van der Waals surface area contributed by atoms with Crippen molar-refractivity contribution in [3.05, 3.63) is 69.2 Å². The number of nitrogens with one attached hydrogen (secondary N) is 1. The summed E-state index contributed by atoms with van der Waals surface area (Å²) in [6.45, 7) is 2.78. The minimum atomic E-state index is -0.137. The Labute approximate surface area is 138 Å². The summed E-state index contributed by atoms with van der Waals surface area (Å²) in [5.74, 6) is 0.269. The van der Waals surface area contributed by atoms with Crippen LogP contribution in [0, 0.1) is 0 Å². The predicted molar refractivity (Wildman–Crippen MR) is 91.0 cm³/mol. The zero-order chi connectivity index (χ0) is 15.2. The first kappa shape index (κ1) is 16.1. The number of carbonyl (C=O) groups is 1. The van der Waals surface area contributed by atoms with E-state index in [-0.39, 0.29) is 5.91 Å². The van der Waals surface area contributed by atoms with Gasteiger partial charge >= 0.3 is 0 Å². The van der Waals surface area contributed by atoms with Gasteiger partial charge in [0.2, 0.25) is 0 Å². The van der Waals surface area contributed by atoms with Gasteiger partial charge in [0.25, 0.3) is 5.91 Å². The monoisotopic (exact) mass is 365 g/mol. The third-order valence-electron chi connectivity index (χ3n) is 3.40. The first-order chi connectivity index (χ1) is 10.1. The van der Waals surface area contributed by atoms with Crippen LogP contribution in [0.15, 0.2) is 53.0 Å². The average Bonchev–Trinajstić information content (AvgIpc) is 2.50. The molecule has 0 spiro atoms. The fourth-order valence-electron chi connectivity index (χ4n) is 2.12. The average molecular weight is 367 g/mol. The van der Waals surface area contributed by atoms with Crippen LogP contribution in [-0.2, 0) is 0 Å². The van der Waals surface area contributed by atoms with E-state index in [0.717, 1.165) is 10.9 Å². The Morgan fingerprint density at radius 3 is 2.67 bits per heavy atom. The highest BCUT2D eigenvalue weighted by Crippen LogP contribution is 2.21. The molecule has 2 aromatic carbocycles. The van der Waals surface area contributed by atoms with Gasteiger partial charge in [-0.1, -0.05) is 64.8 Å². The first-order valence-corrected chi connectivity index (χ1v) is 8.03. The summed E-state index contributed by atoms with van der Waals surface area (Å²) in [4.78, 5) is 12.1. The Morgan fingerprint density at radius 1 is 1.24 bits per heavy atom. The molecule has 0 saturated heterocycles. The molecule has 0 fully saturated rings. The maximum atomic E-state index is 12.1. The van der Waals surface area contributed by atoms with E-state index >= 15 is 0 Å². The number of hydrogen-bond acceptors (Lipinski definition) is 1. The lowest BCUT2D eigenvalue weighted by Crippen LogP contribution is -2.25. The Bertz CT molecular complexity index is 615. The Kier molecular flexibility index (Phi) is 5.83. The van der Waals surface area contributed by atoms with E-state index in [4.69, 9.17) is 11.6 Å². The van der Waals surface area contributed by atoms with Gasteiger partial charge in [-0.2, -0.15) is 0 Å². The summed E-state index contributed by atoms with van der Waals surface area (Å²) >= 11 is 9.39. The third-order valence-corrected chi connectivity index (χ3v) is 4.23. The van der Waals surface area contributed by atoms with Crippen molar-refractivity contribution in [3.8, 4) is 0 Å². The SMILES string of the molecule is CC(CCNC(=O)c1cc(Br)ccc1Cl)c1ccccc1. The predicted octanol–water partition coefficient (Wildman–Crippen LogP) is 5.03. The van der Waals surface area contributed by atoms with Crippen LogP contribution in [0.3, 0.4) is 0 Å². The van der Waals surface area contributed by atoms with Gasteiger partial charge in [-0.3, -0.25) is 4.79 Å². The van der Waals surface area contributed by atoms with Gasteiger partial charge in [-0.05, 0) is 36.1 Å². The molecule has 2 aromatic rings. The quantitative estimate of drug-likeness (QED) is 0.790. The number of hydrogen-bond donors (Lipinski definition) is 1. The minimum Gasteiger partial charge on any atom is -0.352 e. The summed E-state index contributed by atoms with van der Waals surface area (Å²) in [6, 6.07) is 15.6. The second-order valence-corrected chi connectivity index (χ2v) is 6.30. The van der Waals surface area contributed by atoms with Crippen LogP contribution < -0.4 is 5.32 Å². The Hall–Kier alpha value is -1.32. The number of carbonyl (C=O) groups excluding carboxylic acids is 1. The summed E-state index contributed by atoms with van der Waals surface area (Å²) in [6.07, 6.45) is 0.890. The normalized spacial score (nSPS) is 12.0. The molecule has 1 amide bonds. The van der Waals surface area contributed by atoms with Crippen molar-refractivity contribution in [2.75, 3.05) is 6.54 Å². The summed E-state index contributed by atoms with van der Waals surface area (Å²) in [5, 5.41) is 3.39. The lowest BCUT2D eigenvalue weighted by molar-refractivity contribution is 0.0952. The molecule has 0 aromatic heterocycles. The van der Waals surface area contributed by atoms with E-state index in [2.05, 4.69) is 40.3 Å². The van der Waals surface area contributed by atoms with Crippen LogP contribution >= 0.6 is 27.5 Å². The van der Waals surface area contributed by atoms with Crippen LogP contribution in [0.2, 0.25) is 5.02 Å². The fraction of sp³-hybridized carbons (Fsp3) is 0.235. The van der Waals surface area contributed by atoms with Crippen LogP contribution in [0.5, 0.6) is 0 Å². The molecule has 0 bridgehead atoms. The zero-order valence-electron chi connectivity index (χ0n) is 11.8. The first-order valence-electron chi connectivity index (χ1n) is 6.86. The van der Waals surface area contributed by atoms with Crippen LogP contribution in [-0.4, -0.2) is 12.5 Å². The van der Waals surface area contributed by atoms with E-state index in [1.165, 1.54) is 5.56 Å². The molecule has 0 aliphatic heterocycles.